The van der Waals surface area contributed by atoms with Crippen LogP contribution in [0.15, 0.2) is 31.0 Å². The molecule has 0 atom stereocenters. The number of oxazole rings is 1. The average Bonchev–Trinajstić information content (AvgIpc) is 2.79. The summed E-state index contributed by atoms with van der Waals surface area (Å²) < 4.78 is 11.2. The molecule has 2 aromatic heterocycles. The van der Waals surface area contributed by atoms with Gasteiger partial charge < -0.3 is 8.83 Å². The quantitative estimate of drug-likeness (QED) is 0.629. The lowest BCUT2D eigenvalue weighted by Gasteiger charge is -2.01. The predicted octanol–water partition coefficient (Wildman–Crippen LogP) is 3.27. The largest absolute Gasteiger partial charge is 0.458 e. The molecule has 5 heteroatoms. The van der Waals surface area contributed by atoms with Crippen LogP contribution in [-0.4, -0.2) is 11.2 Å². The molecular weight excluding hydrogens is 250 g/mol. The third-order valence-electron chi connectivity index (χ3n) is 3.04. The molecular formula is C13H11NO3S. The molecule has 18 heavy (non-hydrogen) atoms. The van der Waals surface area contributed by atoms with E-state index >= 15 is 0 Å². The van der Waals surface area contributed by atoms with Crippen LogP contribution in [0.5, 0.6) is 0 Å². The van der Waals surface area contributed by atoms with Crippen molar-refractivity contribution in [1.29, 1.82) is 0 Å². The highest BCUT2D eigenvalue weighted by atomic mass is 32.2. The van der Waals surface area contributed by atoms with Gasteiger partial charge in [-0.3, -0.25) is 4.79 Å². The molecule has 0 unspecified atom stereocenters. The Morgan fingerprint density at radius 1 is 1.22 bits per heavy atom. The minimum Gasteiger partial charge on any atom is -0.458 e. The Morgan fingerprint density at radius 3 is 2.72 bits per heavy atom. The van der Waals surface area contributed by atoms with Crippen molar-refractivity contribution in [1.82, 2.24) is 4.98 Å². The first-order valence-corrected chi connectivity index (χ1v) is 6.72. The van der Waals surface area contributed by atoms with Gasteiger partial charge in [0.1, 0.15) is 5.76 Å². The summed E-state index contributed by atoms with van der Waals surface area (Å²) in [5, 5.41) is 1.12. The van der Waals surface area contributed by atoms with E-state index in [1.54, 1.807) is 26.0 Å². The highest BCUT2D eigenvalue weighted by Crippen LogP contribution is 2.28. The Labute approximate surface area is 107 Å². The zero-order valence-corrected chi connectivity index (χ0v) is 11.1. The van der Waals surface area contributed by atoms with Crippen molar-refractivity contribution in [2.24, 2.45) is 0 Å². The molecule has 1 aromatic carbocycles. The van der Waals surface area contributed by atoms with Crippen LogP contribution in [0.1, 0.15) is 11.3 Å². The molecule has 0 N–H and O–H groups in total. The van der Waals surface area contributed by atoms with Crippen molar-refractivity contribution in [2.45, 2.75) is 19.1 Å². The Kier molecular flexibility index (Phi) is 2.45. The number of thioether (sulfide) groups is 1. The van der Waals surface area contributed by atoms with Crippen molar-refractivity contribution in [2.75, 3.05) is 6.26 Å². The molecule has 0 radical (unpaired) electrons. The highest BCUT2D eigenvalue weighted by Gasteiger charge is 2.14. The van der Waals surface area contributed by atoms with Crippen LogP contribution in [0.2, 0.25) is 0 Å². The molecule has 92 valence electrons. The van der Waals surface area contributed by atoms with Crippen molar-refractivity contribution in [3.8, 4) is 0 Å². The smallest absolute Gasteiger partial charge is 0.256 e. The number of fused-ring (bicyclic) bond motifs is 3. The molecule has 2 heterocycles. The number of aryl methyl sites for hydroxylation is 1. The summed E-state index contributed by atoms with van der Waals surface area (Å²) in [6.45, 7) is 3.55. The Hall–Kier alpha value is -1.75. The van der Waals surface area contributed by atoms with Crippen molar-refractivity contribution in [3.05, 3.63) is 33.7 Å². The Bertz CT molecular complexity index is 816. The summed E-state index contributed by atoms with van der Waals surface area (Å²) in [7, 11) is 0. The second-order valence-electron chi connectivity index (χ2n) is 4.09. The third-order valence-corrected chi connectivity index (χ3v) is 3.56. The SMILES string of the molecule is CSc1nc2c(ccc3c(=O)c(C)c(C)oc32)o1. The predicted molar refractivity (Wildman–Crippen MR) is 71.3 cm³/mol. The van der Waals surface area contributed by atoms with Gasteiger partial charge >= 0.3 is 0 Å². The van der Waals surface area contributed by atoms with Crippen molar-refractivity contribution >= 4 is 33.8 Å². The number of rotatable bonds is 1. The normalized spacial score (nSPS) is 11.5. The van der Waals surface area contributed by atoms with Gasteiger partial charge in [0.15, 0.2) is 22.1 Å². The summed E-state index contributed by atoms with van der Waals surface area (Å²) in [6.07, 6.45) is 1.89. The molecule has 0 bridgehead atoms. The van der Waals surface area contributed by atoms with Crippen LogP contribution in [0, 0.1) is 13.8 Å². The van der Waals surface area contributed by atoms with Crippen LogP contribution in [0.25, 0.3) is 22.1 Å². The van der Waals surface area contributed by atoms with Gasteiger partial charge in [0.2, 0.25) is 0 Å². The minimum atomic E-state index is -0.00986. The topological polar surface area (TPSA) is 56.2 Å². The molecule has 0 aliphatic heterocycles. The fraction of sp³-hybridized carbons (Fsp3) is 0.231. The van der Waals surface area contributed by atoms with Gasteiger partial charge in [0, 0.05) is 5.56 Å². The number of hydrogen-bond donors (Lipinski definition) is 0. The van der Waals surface area contributed by atoms with Gasteiger partial charge in [-0.15, -0.1) is 0 Å². The summed E-state index contributed by atoms with van der Waals surface area (Å²) in [5.41, 5.74) is 2.37. The number of hydrogen-bond acceptors (Lipinski definition) is 5. The molecule has 0 saturated carbocycles. The summed E-state index contributed by atoms with van der Waals surface area (Å²) in [5.74, 6) is 0.619. The zero-order chi connectivity index (χ0) is 12.9. The monoisotopic (exact) mass is 261 g/mol. The van der Waals surface area contributed by atoms with Crippen LogP contribution in [0.4, 0.5) is 0 Å². The molecule has 0 aliphatic rings. The van der Waals surface area contributed by atoms with Crippen LogP contribution < -0.4 is 5.43 Å². The molecule has 4 nitrogen and oxygen atoms in total. The first-order chi connectivity index (χ1) is 8.61. The van der Waals surface area contributed by atoms with E-state index in [1.807, 2.05) is 6.26 Å². The van der Waals surface area contributed by atoms with Gasteiger partial charge in [-0.1, -0.05) is 11.8 Å². The lowest BCUT2D eigenvalue weighted by Crippen LogP contribution is -2.07. The maximum Gasteiger partial charge on any atom is 0.256 e. The van der Waals surface area contributed by atoms with Gasteiger partial charge in [0.25, 0.3) is 5.22 Å². The van der Waals surface area contributed by atoms with E-state index < -0.39 is 0 Å². The molecule has 3 rings (SSSR count). The van der Waals surface area contributed by atoms with Gasteiger partial charge in [0.05, 0.1) is 5.39 Å². The van der Waals surface area contributed by atoms with Crippen molar-refractivity contribution < 1.29 is 8.83 Å². The molecule has 0 saturated heterocycles. The van der Waals surface area contributed by atoms with Gasteiger partial charge in [-0.2, -0.15) is 4.98 Å². The first-order valence-electron chi connectivity index (χ1n) is 5.49. The summed E-state index contributed by atoms with van der Waals surface area (Å²) in [6, 6.07) is 3.49. The van der Waals surface area contributed by atoms with Crippen LogP contribution >= 0.6 is 11.8 Å². The fourth-order valence-corrected chi connectivity index (χ4v) is 2.27. The summed E-state index contributed by atoms with van der Waals surface area (Å²) in [4.78, 5) is 16.5. The van der Waals surface area contributed by atoms with E-state index in [-0.39, 0.29) is 5.43 Å². The minimum absolute atomic E-state index is 0.00986. The van der Waals surface area contributed by atoms with Crippen molar-refractivity contribution in [3.63, 3.8) is 0 Å². The number of aromatic nitrogens is 1. The van der Waals surface area contributed by atoms with E-state index in [4.69, 9.17) is 8.83 Å². The molecule has 0 aliphatic carbocycles. The van der Waals surface area contributed by atoms with E-state index in [9.17, 15) is 4.79 Å². The maximum atomic E-state index is 12.1. The van der Waals surface area contributed by atoms with E-state index in [0.717, 1.165) is 0 Å². The lowest BCUT2D eigenvalue weighted by atomic mass is 10.1. The molecule has 3 aromatic rings. The number of benzene rings is 1. The van der Waals surface area contributed by atoms with E-state index in [2.05, 4.69) is 4.98 Å². The summed E-state index contributed by atoms with van der Waals surface area (Å²) >= 11 is 1.42. The second-order valence-corrected chi connectivity index (χ2v) is 4.84. The first kappa shape index (κ1) is 11.3. The van der Waals surface area contributed by atoms with Crippen LogP contribution in [-0.2, 0) is 0 Å². The fourth-order valence-electron chi connectivity index (χ4n) is 1.91. The number of nitrogens with zero attached hydrogens (tertiary/aromatic N) is 1. The molecule has 0 spiro atoms. The third kappa shape index (κ3) is 1.47. The lowest BCUT2D eigenvalue weighted by molar-refractivity contribution is 0.490. The molecule has 0 amide bonds. The Morgan fingerprint density at radius 2 is 2.00 bits per heavy atom. The average molecular weight is 261 g/mol. The van der Waals surface area contributed by atoms with E-state index in [1.165, 1.54) is 11.8 Å². The second kappa shape index (κ2) is 3.88. The van der Waals surface area contributed by atoms with Crippen LogP contribution in [0.3, 0.4) is 0 Å². The molecule has 0 fully saturated rings. The highest BCUT2D eigenvalue weighted by molar-refractivity contribution is 7.98. The van der Waals surface area contributed by atoms with Gasteiger partial charge in [-0.05, 0) is 32.2 Å². The Balaban J connectivity index is 2.54. The van der Waals surface area contributed by atoms with E-state index in [0.29, 0.717) is 38.6 Å². The van der Waals surface area contributed by atoms with Gasteiger partial charge in [-0.25, -0.2) is 0 Å². The zero-order valence-electron chi connectivity index (χ0n) is 10.2. The maximum absolute atomic E-state index is 12.1. The standard InChI is InChI=1S/C13H11NO3S/c1-6-7(2)16-12-8(11(6)15)4-5-9-10(12)14-13(17-9)18-3/h4-5H,1-3H3.